The number of sulfonamides is 1. The Kier molecular flexibility index (Phi) is 6.76. The lowest BCUT2D eigenvalue weighted by atomic mass is 10.00. The summed E-state index contributed by atoms with van der Waals surface area (Å²) in [5.74, 6) is 0. The van der Waals surface area contributed by atoms with E-state index >= 15 is 0 Å². The van der Waals surface area contributed by atoms with E-state index in [1.165, 1.54) is 18.2 Å². The molecule has 0 unspecified atom stereocenters. The highest BCUT2D eigenvalue weighted by molar-refractivity contribution is 7.89. The van der Waals surface area contributed by atoms with E-state index in [2.05, 4.69) is 9.93 Å². The van der Waals surface area contributed by atoms with Crippen LogP contribution >= 0.6 is 46.4 Å². The van der Waals surface area contributed by atoms with E-state index in [-0.39, 0.29) is 10.1 Å². The predicted octanol–water partition coefficient (Wildman–Crippen LogP) is 6.50. The summed E-state index contributed by atoms with van der Waals surface area (Å²) in [4.78, 5) is 2.20. The van der Waals surface area contributed by atoms with Crippen molar-refractivity contribution in [3.05, 3.63) is 86.9 Å². The third-order valence-electron chi connectivity index (χ3n) is 4.02. The van der Waals surface area contributed by atoms with Crippen molar-refractivity contribution in [2.45, 2.75) is 11.8 Å². The summed E-state index contributed by atoms with van der Waals surface area (Å²) in [5.41, 5.74) is 2.37. The number of hydrazone groups is 1. The Balaban J connectivity index is 2.04. The fourth-order valence-electron chi connectivity index (χ4n) is 2.60. The maximum atomic E-state index is 12.5. The van der Waals surface area contributed by atoms with Crippen molar-refractivity contribution in [1.29, 1.82) is 0 Å². The van der Waals surface area contributed by atoms with Crippen molar-refractivity contribution in [3.63, 3.8) is 0 Å². The van der Waals surface area contributed by atoms with Crippen LogP contribution in [-0.4, -0.2) is 13.6 Å². The van der Waals surface area contributed by atoms with Crippen LogP contribution in [-0.2, 0) is 10.0 Å². The van der Waals surface area contributed by atoms with E-state index in [1.54, 1.807) is 42.5 Å². The normalized spacial score (nSPS) is 12.1. The van der Waals surface area contributed by atoms with Crippen LogP contribution in [0.2, 0.25) is 15.1 Å². The number of hydrogen-bond acceptors (Lipinski definition) is 3. The van der Waals surface area contributed by atoms with E-state index in [0.29, 0.717) is 31.8 Å². The highest BCUT2D eigenvalue weighted by Crippen LogP contribution is 2.38. The van der Waals surface area contributed by atoms with Gasteiger partial charge in [-0.2, -0.15) is 18.4 Å². The number of benzene rings is 3. The molecule has 4 nitrogen and oxygen atoms in total. The van der Waals surface area contributed by atoms with Gasteiger partial charge in [-0.25, -0.2) is 0 Å². The standard InChI is InChI=1S/C20H14Cl4N2O2S/c1-12-6-8-14(9-7-12)29(27,28)26-25-20(24)16-10-13(21)11-18(23)19(16)15-4-2-3-5-17(15)22/h2-11,26H,1H3. The first kappa shape index (κ1) is 21.9. The average molecular weight is 488 g/mol. The van der Waals surface area contributed by atoms with Crippen LogP contribution in [0, 0.1) is 6.92 Å². The molecule has 3 rings (SSSR count). The lowest BCUT2D eigenvalue weighted by molar-refractivity contribution is 0.584. The molecule has 1 N–H and O–H groups in total. The predicted molar refractivity (Wildman–Crippen MR) is 121 cm³/mol. The Morgan fingerprint density at radius 1 is 0.931 bits per heavy atom. The topological polar surface area (TPSA) is 58.5 Å². The molecule has 150 valence electrons. The summed E-state index contributed by atoms with van der Waals surface area (Å²) < 4.78 is 24.9. The van der Waals surface area contributed by atoms with Crippen molar-refractivity contribution in [1.82, 2.24) is 4.83 Å². The monoisotopic (exact) mass is 486 g/mol. The zero-order chi connectivity index (χ0) is 21.2. The fourth-order valence-corrected chi connectivity index (χ4v) is 4.48. The van der Waals surface area contributed by atoms with Gasteiger partial charge < -0.3 is 0 Å². The van der Waals surface area contributed by atoms with Gasteiger partial charge >= 0.3 is 0 Å². The molecular weight excluding hydrogens is 474 g/mol. The first-order chi connectivity index (χ1) is 13.7. The Morgan fingerprint density at radius 2 is 1.59 bits per heavy atom. The molecule has 0 bridgehead atoms. The Morgan fingerprint density at radius 3 is 2.24 bits per heavy atom. The molecule has 0 saturated carbocycles. The van der Waals surface area contributed by atoms with Gasteiger partial charge in [0.05, 0.1) is 9.92 Å². The maximum Gasteiger partial charge on any atom is 0.276 e. The molecule has 9 heteroatoms. The number of nitrogens with zero attached hydrogens (tertiary/aromatic N) is 1. The second kappa shape index (κ2) is 8.94. The Hall–Kier alpha value is -1.76. The summed E-state index contributed by atoms with van der Waals surface area (Å²) in [6, 6.07) is 16.5. The molecule has 0 aliphatic heterocycles. The van der Waals surface area contributed by atoms with Gasteiger partial charge in [-0.3, -0.25) is 0 Å². The molecule has 0 amide bonds. The van der Waals surface area contributed by atoms with Gasteiger partial charge in [-0.05, 0) is 37.3 Å². The van der Waals surface area contributed by atoms with E-state index in [0.717, 1.165) is 5.56 Å². The smallest absolute Gasteiger partial charge is 0.200 e. The molecule has 0 aromatic heterocycles. The highest BCUT2D eigenvalue weighted by atomic mass is 35.5. The van der Waals surface area contributed by atoms with Crippen molar-refractivity contribution in [3.8, 4) is 11.1 Å². The van der Waals surface area contributed by atoms with Gasteiger partial charge in [0.25, 0.3) is 10.0 Å². The number of aryl methyl sites for hydroxylation is 1. The average Bonchev–Trinajstić information content (AvgIpc) is 2.67. The number of hydrogen-bond donors (Lipinski definition) is 1. The highest BCUT2D eigenvalue weighted by Gasteiger charge is 2.19. The van der Waals surface area contributed by atoms with Crippen LogP contribution in [0.1, 0.15) is 11.1 Å². The second-order valence-corrected chi connectivity index (χ2v) is 9.37. The summed E-state index contributed by atoms with van der Waals surface area (Å²) in [5, 5.41) is 4.77. The van der Waals surface area contributed by atoms with Gasteiger partial charge in [0.2, 0.25) is 0 Å². The van der Waals surface area contributed by atoms with Gasteiger partial charge in [-0.1, -0.05) is 82.3 Å². The van der Waals surface area contributed by atoms with E-state index in [9.17, 15) is 8.42 Å². The zero-order valence-corrected chi connectivity index (χ0v) is 18.8. The molecule has 0 heterocycles. The third-order valence-corrected chi connectivity index (χ3v) is 6.37. The first-order valence-electron chi connectivity index (χ1n) is 8.25. The van der Waals surface area contributed by atoms with Crippen molar-refractivity contribution in [2.24, 2.45) is 5.10 Å². The lowest BCUT2D eigenvalue weighted by Crippen LogP contribution is -2.19. The Bertz CT molecular complexity index is 1190. The van der Waals surface area contributed by atoms with Crippen molar-refractivity contribution in [2.75, 3.05) is 0 Å². The maximum absolute atomic E-state index is 12.5. The fraction of sp³-hybridized carbons (Fsp3) is 0.0500. The number of nitrogens with one attached hydrogen (secondary N) is 1. The first-order valence-corrected chi connectivity index (χ1v) is 11.2. The summed E-state index contributed by atoms with van der Waals surface area (Å²) in [6.07, 6.45) is 0. The van der Waals surface area contributed by atoms with Gasteiger partial charge in [-0.15, -0.1) is 0 Å². The lowest BCUT2D eigenvalue weighted by Gasteiger charge is -2.13. The quantitative estimate of drug-likeness (QED) is 0.329. The van der Waals surface area contributed by atoms with Crippen LogP contribution in [0.5, 0.6) is 0 Å². The number of halogens is 4. The molecule has 3 aromatic carbocycles. The van der Waals surface area contributed by atoms with Crippen LogP contribution in [0.4, 0.5) is 0 Å². The third kappa shape index (κ3) is 5.05. The largest absolute Gasteiger partial charge is 0.276 e. The molecule has 0 fully saturated rings. The molecule has 0 aliphatic rings. The van der Waals surface area contributed by atoms with Gasteiger partial charge in [0.1, 0.15) is 0 Å². The molecular formula is C20H14Cl4N2O2S. The summed E-state index contributed by atoms with van der Waals surface area (Å²) in [6.45, 7) is 1.86. The van der Waals surface area contributed by atoms with Gasteiger partial charge in [0.15, 0.2) is 5.17 Å². The molecule has 0 radical (unpaired) electrons. The van der Waals surface area contributed by atoms with Crippen LogP contribution in [0.25, 0.3) is 11.1 Å². The molecule has 0 atom stereocenters. The van der Waals surface area contributed by atoms with E-state index in [1.807, 2.05) is 6.92 Å². The molecule has 29 heavy (non-hydrogen) atoms. The summed E-state index contributed by atoms with van der Waals surface area (Å²) in [7, 11) is -3.90. The van der Waals surface area contributed by atoms with Crippen LogP contribution in [0.15, 0.2) is 70.7 Å². The minimum absolute atomic E-state index is 0.0618. The Labute approximate surface area is 189 Å². The molecule has 0 saturated heterocycles. The molecule has 0 spiro atoms. The van der Waals surface area contributed by atoms with Crippen molar-refractivity contribution < 1.29 is 8.42 Å². The van der Waals surface area contributed by atoms with E-state index < -0.39 is 10.0 Å². The zero-order valence-electron chi connectivity index (χ0n) is 15.0. The minimum Gasteiger partial charge on any atom is -0.200 e. The van der Waals surface area contributed by atoms with Crippen LogP contribution in [0.3, 0.4) is 0 Å². The van der Waals surface area contributed by atoms with Gasteiger partial charge in [0, 0.05) is 26.7 Å². The SMILES string of the molecule is Cc1ccc(S(=O)(=O)NN=C(Cl)c2cc(Cl)cc(Cl)c2-c2ccccc2Cl)cc1. The molecule has 0 aliphatic carbocycles. The van der Waals surface area contributed by atoms with E-state index in [4.69, 9.17) is 46.4 Å². The molecule has 3 aromatic rings. The summed E-state index contributed by atoms with van der Waals surface area (Å²) >= 11 is 25.2. The van der Waals surface area contributed by atoms with Crippen molar-refractivity contribution >= 4 is 61.6 Å². The van der Waals surface area contributed by atoms with Crippen LogP contribution < -0.4 is 4.83 Å². The minimum atomic E-state index is -3.90. The second-order valence-electron chi connectivity index (χ2n) is 6.10. The number of rotatable bonds is 5.